The SMILES string of the molecule is COc1ccncc1C(=O)NC(C)c1ccc(F)cc1. The summed E-state index contributed by atoms with van der Waals surface area (Å²) in [5.74, 6) is -0.128. The number of nitrogens with one attached hydrogen (secondary N) is 1. The van der Waals surface area contributed by atoms with Crippen molar-refractivity contribution in [1.29, 1.82) is 0 Å². The molecule has 0 aliphatic rings. The minimum atomic E-state index is -0.304. The second-order valence-corrected chi connectivity index (χ2v) is 4.32. The largest absolute Gasteiger partial charge is 0.496 e. The van der Waals surface area contributed by atoms with Crippen molar-refractivity contribution in [3.63, 3.8) is 0 Å². The van der Waals surface area contributed by atoms with E-state index in [2.05, 4.69) is 10.3 Å². The van der Waals surface area contributed by atoms with Gasteiger partial charge in [-0.3, -0.25) is 9.78 Å². The molecule has 1 atom stereocenters. The number of ether oxygens (including phenoxy) is 1. The summed E-state index contributed by atoms with van der Waals surface area (Å²) in [6.07, 6.45) is 3.00. The summed E-state index contributed by atoms with van der Waals surface area (Å²) in [7, 11) is 1.50. The quantitative estimate of drug-likeness (QED) is 0.932. The van der Waals surface area contributed by atoms with Crippen LogP contribution in [0.15, 0.2) is 42.7 Å². The number of nitrogens with zero attached hydrogens (tertiary/aromatic N) is 1. The molecule has 4 nitrogen and oxygen atoms in total. The van der Waals surface area contributed by atoms with E-state index in [0.717, 1.165) is 5.56 Å². The van der Waals surface area contributed by atoms with Gasteiger partial charge >= 0.3 is 0 Å². The molecule has 0 bridgehead atoms. The summed E-state index contributed by atoms with van der Waals surface area (Å²) in [5, 5.41) is 2.83. The molecule has 2 aromatic rings. The van der Waals surface area contributed by atoms with E-state index >= 15 is 0 Å². The molecule has 0 saturated carbocycles. The molecule has 0 aliphatic carbocycles. The number of aromatic nitrogens is 1. The molecule has 1 aromatic heterocycles. The monoisotopic (exact) mass is 274 g/mol. The highest BCUT2D eigenvalue weighted by molar-refractivity contribution is 5.96. The van der Waals surface area contributed by atoms with Crippen LogP contribution in [-0.2, 0) is 0 Å². The molecule has 5 heteroatoms. The molecule has 2 rings (SSSR count). The first kappa shape index (κ1) is 14.0. The van der Waals surface area contributed by atoms with Gasteiger partial charge in [-0.1, -0.05) is 12.1 Å². The Labute approximate surface area is 116 Å². The Kier molecular flexibility index (Phi) is 4.30. The number of rotatable bonds is 4. The van der Waals surface area contributed by atoms with Crippen molar-refractivity contribution in [3.8, 4) is 5.75 Å². The van der Waals surface area contributed by atoms with Crippen molar-refractivity contribution >= 4 is 5.91 Å². The zero-order valence-electron chi connectivity index (χ0n) is 11.3. The predicted octanol–water partition coefficient (Wildman–Crippen LogP) is 2.72. The van der Waals surface area contributed by atoms with E-state index in [9.17, 15) is 9.18 Å². The number of carbonyl (C=O) groups excluding carboxylic acids is 1. The van der Waals surface area contributed by atoms with E-state index in [1.165, 1.54) is 25.4 Å². The summed E-state index contributed by atoms with van der Waals surface area (Å²) < 4.78 is 18.0. The van der Waals surface area contributed by atoms with Crippen LogP contribution in [0.25, 0.3) is 0 Å². The summed E-state index contributed by atoms with van der Waals surface area (Å²) in [6, 6.07) is 7.39. The maximum atomic E-state index is 12.9. The molecule has 1 amide bonds. The van der Waals surface area contributed by atoms with Gasteiger partial charge in [0.15, 0.2) is 0 Å². The number of amides is 1. The first-order chi connectivity index (χ1) is 9.61. The molecule has 0 saturated heterocycles. The molecule has 104 valence electrons. The number of methoxy groups -OCH3 is 1. The Balaban J connectivity index is 2.13. The summed E-state index contributed by atoms with van der Waals surface area (Å²) in [5.41, 5.74) is 1.19. The lowest BCUT2D eigenvalue weighted by molar-refractivity contribution is 0.0936. The fourth-order valence-electron chi connectivity index (χ4n) is 1.84. The highest BCUT2D eigenvalue weighted by Crippen LogP contribution is 2.18. The van der Waals surface area contributed by atoms with Gasteiger partial charge in [-0.25, -0.2) is 4.39 Å². The minimum Gasteiger partial charge on any atom is -0.496 e. The van der Waals surface area contributed by atoms with Crippen molar-refractivity contribution in [3.05, 3.63) is 59.7 Å². The van der Waals surface area contributed by atoms with Crippen molar-refractivity contribution in [2.75, 3.05) is 7.11 Å². The fourth-order valence-corrected chi connectivity index (χ4v) is 1.84. The molecule has 0 spiro atoms. The Morgan fingerprint density at radius 1 is 1.30 bits per heavy atom. The molecule has 1 unspecified atom stereocenters. The highest BCUT2D eigenvalue weighted by Gasteiger charge is 2.15. The summed E-state index contributed by atoms with van der Waals surface area (Å²) in [6.45, 7) is 1.83. The van der Waals surface area contributed by atoms with Gasteiger partial charge in [-0.05, 0) is 30.7 Å². The van der Waals surface area contributed by atoms with Gasteiger partial charge in [0.05, 0.1) is 18.7 Å². The van der Waals surface area contributed by atoms with Gasteiger partial charge in [0.2, 0.25) is 0 Å². The van der Waals surface area contributed by atoms with Gasteiger partial charge < -0.3 is 10.1 Å². The van der Waals surface area contributed by atoms with Gasteiger partial charge in [0.25, 0.3) is 5.91 Å². The van der Waals surface area contributed by atoms with Crippen LogP contribution in [-0.4, -0.2) is 18.0 Å². The lowest BCUT2D eigenvalue weighted by Gasteiger charge is -2.15. The van der Waals surface area contributed by atoms with Gasteiger partial charge in [-0.15, -0.1) is 0 Å². The van der Waals surface area contributed by atoms with E-state index in [4.69, 9.17) is 4.74 Å². The predicted molar refractivity (Wildman–Crippen MR) is 73.1 cm³/mol. The summed E-state index contributed by atoms with van der Waals surface area (Å²) in [4.78, 5) is 16.1. The van der Waals surface area contributed by atoms with Crippen molar-refractivity contribution in [1.82, 2.24) is 10.3 Å². The van der Waals surface area contributed by atoms with Gasteiger partial charge in [0, 0.05) is 12.4 Å². The van der Waals surface area contributed by atoms with Crippen LogP contribution in [0.1, 0.15) is 28.9 Å². The normalized spacial score (nSPS) is 11.8. The van der Waals surface area contributed by atoms with Crippen molar-refractivity contribution in [2.45, 2.75) is 13.0 Å². The van der Waals surface area contributed by atoms with E-state index < -0.39 is 0 Å². The van der Waals surface area contributed by atoms with E-state index in [0.29, 0.717) is 11.3 Å². The third-order valence-electron chi connectivity index (χ3n) is 2.96. The number of carbonyl (C=O) groups is 1. The van der Waals surface area contributed by atoms with Crippen LogP contribution < -0.4 is 10.1 Å². The standard InChI is InChI=1S/C15H15FN2O2/c1-10(11-3-5-12(16)6-4-11)18-15(19)13-9-17-8-7-14(13)20-2/h3-10H,1-2H3,(H,18,19). The molecule has 1 N–H and O–H groups in total. The highest BCUT2D eigenvalue weighted by atomic mass is 19.1. The van der Waals surface area contributed by atoms with Crippen molar-refractivity contribution < 1.29 is 13.9 Å². The first-order valence-corrected chi connectivity index (χ1v) is 6.16. The zero-order chi connectivity index (χ0) is 14.5. The first-order valence-electron chi connectivity index (χ1n) is 6.16. The number of hydrogen-bond donors (Lipinski definition) is 1. The molecule has 20 heavy (non-hydrogen) atoms. The number of pyridine rings is 1. The maximum absolute atomic E-state index is 12.9. The van der Waals surface area contributed by atoms with Gasteiger partial charge in [-0.2, -0.15) is 0 Å². The number of hydrogen-bond acceptors (Lipinski definition) is 3. The molecular formula is C15H15FN2O2. The third-order valence-corrected chi connectivity index (χ3v) is 2.96. The summed E-state index contributed by atoms with van der Waals surface area (Å²) >= 11 is 0. The van der Waals surface area contributed by atoms with Crippen LogP contribution in [0.4, 0.5) is 4.39 Å². The third kappa shape index (κ3) is 3.12. The van der Waals surface area contributed by atoms with Crippen molar-refractivity contribution in [2.24, 2.45) is 0 Å². The smallest absolute Gasteiger partial charge is 0.257 e. The average molecular weight is 274 g/mol. The maximum Gasteiger partial charge on any atom is 0.257 e. The molecule has 1 heterocycles. The Morgan fingerprint density at radius 2 is 2.00 bits per heavy atom. The molecule has 1 aromatic carbocycles. The average Bonchev–Trinajstić information content (AvgIpc) is 2.47. The Bertz CT molecular complexity index is 599. The van der Waals surface area contributed by atoms with Crippen LogP contribution >= 0.6 is 0 Å². The zero-order valence-corrected chi connectivity index (χ0v) is 11.3. The second kappa shape index (κ2) is 6.14. The molecule has 0 radical (unpaired) electrons. The Morgan fingerprint density at radius 3 is 2.65 bits per heavy atom. The van der Waals surface area contributed by atoms with Crippen LogP contribution in [0.3, 0.4) is 0 Å². The van der Waals surface area contributed by atoms with Crippen LogP contribution in [0, 0.1) is 5.82 Å². The molecule has 0 aliphatic heterocycles. The fraction of sp³-hybridized carbons (Fsp3) is 0.200. The number of halogens is 1. The Hall–Kier alpha value is -2.43. The van der Waals surface area contributed by atoms with Gasteiger partial charge in [0.1, 0.15) is 11.6 Å². The minimum absolute atomic E-state index is 0.243. The topological polar surface area (TPSA) is 51.2 Å². The number of benzene rings is 1. The van der Waals surface area contributed by atoms with E-state index in [1.54, 1.807) is 24.4 Å². The lowest BCUT2D eigenvalue weighted by Crippen LogP contribution is -2.27. The molecule has 0 fully saturated rings. The van der Waals surface area contributed by atoms with Crippen LogP contribution in [0.5, 0.6) is 5.75 Å². The second-order valence-electron chi connectivity index (χ2n) is 4.32. The molecular weight excluding hydrogens is 259 g/mol. The lowest BCUT2D eigenvalue weighted by atomic mass is 10.1. The van der Waals surface area contributed by atoms with E-state index in [1.807, 2.05) is 6.92 Å². The van der Waals surface area contributed by atoms with Crippen LogP contribution in [0.2, 0.25) is 0 Å². The van der Waals surface area contributed by atoms with E-state index in [-0.39, 0.29) is 17.8 Å².